The van der Waals surface area contributed by atoms with Crippen molar-refractivity contribution < 1.29 is 9.59 Å². The van der Waals surface area contributed by atoms with E-state index in [9.17, 15) is 9.59 Å². The quantitative estimate of drug-likeness (QED) is 0.464. The highest BCUT2D eigenvalue weighted by Gasteiger charge is 2.40. The van der Waals surface area contributed by atoms with Gasteiger partial charge < -0.3 is 20.5 Å². The first kappa shape index (κ1) is 23.2. The van der Waals surface area contributed by atoms with E-state index in [0.29, 0.717) is 13.0 Å². The lowest BCUT2D eigenvalue weighted by molar-refractivity contribution is -0.120. The van der Waals surface area contributed by atoms with Gasteiger partial charge in [0.05, 0.1) is 24.0 Å². The van der Waals surface area contributed by atoms with Crippen molar-refractivity contribution in [3.63, 3.8) is 0 Å². The van der Waals surface area contributed by atoms with Gasteiger partial charge in [-0.15, -0.1) is 0 Å². The summed E-state index contributed by atoms with van der Waals surface area (Å²) in [5, 5.41) is 7.88. The molecule has 2 heterocycles. The van der Waals surface area contributed by atoms with E-state index in [0.717, 1.165) is 47.4 Å². The number of aromatic amines is 1. The minimum absolute atomic E-state index is 0.0364. The maximum atomic E-state index is 13.3. The summed E-state index contributed by atoms with van der Waals surface area (Å²) >= 11 is 0. The molecule has 3 aromatic rings. The fourth-order valence-corrected chi connectivity index (χ4v) is 5.65. The van der Waals surface area contributed by atoms with Crippen LogP contribution in [0.5, 0.6) is 0 Å². The Balaban J connectivity index is 1.36. The van der Waals surface area contributed by atoms with E-state index in [1.54, 1.807) is 0 Å². The van der Waals surface area contributed by atoms with E-state index in [1.807, 2.05) is 42.6 Å². The summed E-state index contributed by atoms with van der Waals surface area (Å²) in [6, 6.07) is 16.1. The molecule has 0 saturated carbocycles. The predicted molar refractivity (Wildman–Crippen MR) is 142 cm³/mol. The van der Waals surface area contributed by atoms with Gasteiger partial charge in [0.1, 0.15) is 0 Å². The highest BCUT2D eigenvalue weighted by molar-refractivity contribution is 6.01. The molecule has 2 aliphatic rings. The molecule has 6 nitrogen and oxygen atoms in total. The van der Waals surface area contributed by atoms with E-state index in [-0.39, 0.29) is 29.7 Å². The second-order valence-corrected chi connectivity index (χ2v) is 10.5. The lowest BCUT2D eigenvalue weighted by Gasteiger charge is -2.37. The van der Waals surface area contributed by atoms with Crippen molar-refractivity contribution in [2.45, 2.75) is 52.5 Å². The average Bonchev–Trinajstić information content (AvgIpc) is 3.17. The lowest BCUT2D eigenvalue weighted by Crippen LogP contribution is -2.46. The van der Waals surface area contributed by atoms with Crippen molar-refractivity contribution in [2.24, 2.45) is 5.41 Å². The second-order valence-electron chi connectivity index (χ2n) is 10.5. The summed E-state index contributed by atoms with van der Waals surface area (Å²) in [4.78, 5) is 31.9. The molecule has 0 saturated heterocycles. The summed E-state index contributed by atoms with van der Waals surface area (Å²) in [6.45, 7) is 7.16. The Morgan fingerprint density at radius 2 is 1.89 bits per heavy atom. The van der Waals surface area contributed by atoms with Crippen LogP contribution in [0.3, 0.4) is 0 Å². The number of fused-ring (bicyclic) bond motifs is 2. The number of anilines is 2. The second kappa shape index (κ2) is 9.25. The number of allylic oxidation sites excluding steroid dienone is 1. The Bertz CT molecular complexity index is 1300. The monoisotopic (exact) mass is 470 g/mol. The fourth-order valence-electron chi connectivity index (χ4n) is 5.65. The molecule has 182 valence electrons. The number of hydrogen-bond acceptors (Lipinski definition) is 4. The van der Waals surface area contributed by atoms with Crippen LogP contribution in [0.1, 0.15) is 45.6 Å². The predicted octanol–water partition coefficient (Wildman–Crippen LogP) is 5.18. The number of Topliss-reactive ketones (excluding diaryl/α,β-unsaturated/α-hetero) is 1. The van der Waals surface area contributed by atoms with Crippen LogP contribution in [0, 0.1) is 5.41 Å². The van der Waals surface area contributed by atoms with E-state index >= 15 is 0 Å². The molecular formula is C29H34N4O2. The van der Waals surface area contributed by atoms with E-state index in [4.69, 9.17) is 0 Å². The number of carbonyl (C=O) groups is 2. The number of rotatable bonds is 6. The molecule has 5 rings (SSSR count). The van der Waals surface area contributed by atoms with Crippen LogP contribution >= 0.6 is 0 Å². The highest BCUT2D eigenvalue weighted by atomic mass is 16.2. The number of nitrogens with zero attached hydrogens (tertiary/aromatic N) is 1. The maximum Gasteiger partial charge on any atom is 0.239 e. The zero-order chi connectivity index (χ0) is 24.6. The van der Waals surface area contributed by atoms with Crippen LogP contribution in [0.15, 0.2) is 66.0 Å². The smallest absolute Gasteiger partial charge is 0.239 e. The first-order valence-electron chi connectivity index (χ1n) is 12.6. The Hall–Kier alpha value is -3.54. The van der Waals surface area contributed by atoms with Crippen molar-refractivity contribution in [3.05, 3.63) is 71.6 Å². The molecule has 1 amide bonds. The van der Waals surface area contributed by atoms with Crippen LogP contribution in [0.4, 0.5) is 11.4 Å². The van der Waals surface area contributed by atoms with Gasteiger partial charge in [0.15, 0.2) is 5.78 Å². The third kappa shape index (κ3) is 4.57. The highest BCUT2D eigenvalue weighted by Crippen LogP contribution is 2.44. The number of aromatic nitrogens is 1. The molecule has 1 aromatic heterocycles. The van der Waals surface area contributed by atoms with Gasteiger partial charge in [-0.05, 0) is 48.4 Å². The third-order valence-electron chi connectivity index (χ3n) is 7.22. The number of para-hydroxylation sites is 3. The molecular weight excluding hydrogens is 436 g/mol. The largest absolute Gasteiger partial charge is 0.361 e. The molecule has 2 aromatic carbocycles. The van der Waals surface area contributed by atoms with Gasteiger partial charge in [-0.25, -0.2) is 0 Å². The van der Waals surface area contributed by atoms with Crippen LogP contribution in [0.2, 0.25) is 0 Å². The van der Waals surface area contributed by atoms with Crippen LogP contribution in [-0.2, 0) is 16.0 Å². The number of nitrogens with one attached hydrogen (secondary N) is 3. The lowest BCUT2D eigenvalue weighted by atomic mass is 9.74. The minimum Gasteiger partial charge on any atom is -0.361 e. The van der Waals surface area contributed by atoms with Crippen LogP contribution in [0.25, 0.3) is 10.9 Å². The van der Waals surface area contributed by atoms with Gasteiger partial charge in [-0.3, -0.25) is 9.59 Å². The Labute approximate surface area is 206 Å². The van der Waals surface area contributed by atoms with Gasteiger partial charge in [0.25, 0.3) is 0 Å². The summed E-state index contributed by atoms with van der Waals surface area (Å²) in [5.74, 6) is 0.152. The molecule has 1 aliphatic heterocycles. The summed E-state index contributed by atoms with van der Waals surface area (Å²) in [6.07, 6.45) is 4.89. The SMILES string of the molecule is CC[C@@H]1C2=C(CC(C)(C)CC2=O)Nc2ccccc2N1CC(=O)NCCc1c[nH]c2ccccc12. The summed E-state index contributed by atoms with van der Waals surface area (Å²) in [7, 11) is 0. The molecule has 3 N–H and O–H groups in total. The van der Waals surface area contributed by atoms with Gasteiger partial charge in [0.2, 0.25) is 5.91 Å². The molecule has 0 fully saturated rings. The Kier molecular flexibility index (Phi) is 6.13. The van der Waals surface area contributed by atoms with Gasteiger partial charge >= 0.3 is 0 Å². The molecule has 6 heteroatoms. The van der Waals surface area contributed by atoms with Gasteiger partial charge in [0, 0.05) is 41.3 Å². The fraction of sp³-hybridized carbons (Fsp3) is 0.379. The van der Waals surface area contributed by atoms with Crippen molar-refractivity contribution >= 4 is 34.0 Å². The standard InChI is InChI=1S/C29H34N4O2/c1-4-24-28-23(15-29(2,3)16-26(28)34)32-22-11-7-8-12-25(22)33(24)18-27(35)30-14-13-19-17-31-21-10-6-5-9-20(19)21/h5-12,17,24,31-32H,4,13-16,18H2,1-3H3,(H,30,35)/t24-/m1/s1. The normalized spacial score (nSPS) is 19.1. The summed E-state index contributed by atoms with van der Waals surface area (Å²) < 4.78 is 0. The van der Waals surface area contributed by atoms with E-state index < -0.39 is 0 Å². The first-order chi connectivity index (χ1) is 16.9. The van der Waals surface area contributed by atoms with Gasteiger partial charge in [-0.2, -0.15) is 0 Å². The Morgan fingerprint density at radius 3 is 2.71 bits per heavy atom. The zero-order valence-electron chi connectivity index (χ0n) is 20.8. The van der Waals surface area contributed by atoms with Gasteiger partial charge in [-0.1, -0.05) is 51.1 Å². The molecule has 0 bridgehead atoms. The van der Waals surface area contributed by atoms with Crippen LogP contribution in [-0.4, -0.2) is 35.8 Å². The molecule has 35 heavy (non-hydrogen) atoms. The Morgan fingerprint density at radius 1 is 1.11 bits per heavy atom. The molecule has 1 atom stereocenters. The van der Waals surface area contributed by atoms with E-state index in [2.05, 4.69) is 53.4 Å². The number of amides is 1. The minimum atomic E-state index is -0.135. The van der Waals surface area contributed by atoms with Crippen molar-refractivity contribution in [1.29, 1.82) is 0 Å². The number of hydrogen-bond donors (Lipinski definition) is 3. The van der Waals surface area contributed by atoms with Crippen molar-refractivity contribution in [2.75, 3.05) is 23.3 Å². The molecule has 0 radical (unpaired) electrons. The molecule has 0 spiro atoms. The number of ketones is 1. The zero-order valence-corrected chi connectivity index (χ0v) is 20.8. The summed E-state index contributed by atoms with van der Waals surface area (Å²) in [5.41, 5.74) is 5.99. The van der Waals surface area contributed by atoms with Crippen molar-refractivity contribution in [1.82, 2.24) is 10.3 Å². The average molecular weight is 471 g/mol. The van der Waals surface area contributed by atoms with E-state index in [1.165, 1.54) is 10.9 Å². The molecule has 1 aliphatic carbocycles. The maximum absolute atomic E-state index is 13.3. The first-order valence-corrected chi connectivity index (χ1v) is 12.6. The number of H-pyrrole nitrogens is 1. The van der Waals surface area contributed by atoms with Crippen molar-refractivity contribution in [3.8, 4) is 0 Å². The number of benzene rings is 2. The molecule has 0 unspecified atom stereocenters. The number of carbonyl (C=O) groups excluding carboxylic acids is 2. The van der Waals surface area contributed by atoms with Crippen LogP contribution < -0.4 is 15.5 Å². The third-order valence-corrected chi connectivity index (χ3v) is 7.22. The topological polar surface area (TPSA) is 77.2 Å².